The van der Waals surface area contributed by atoms with Crippen molar-refractivity contribution >= 4 is 17.3 Å². The van der Waals surface area contributed by atoms with Crippen molar-refractivity contribution in [1.82, 2.24) is 9.80 Å². The lowest BCUT2D eigenvalue weighted by Gasteiger charge is -2.41. The predicted molar refractivity (Wildman–Crippen MR) is 103 cm³/mol. The van der Waals surface area contributed by atoms with Gasteiger partial charge in [0, 0.05) is 45.4 Å². The zero-order valence-electron chi connectivity index (χ0n) is 15.1. The largest absolute Gasteiger partial charge is 0.465 e. The average molecular weight is 375 g/mol. The Morgan fingerprint density at radius 2 is 2.00 bits per heavy atom. The Kier molecular flexibility index (Phi) is 6.80. The molecule has 0 saturated carbocycles. The summed E-state index contributed by atoms with van der Waals surface area (Å²) in [6, 6.07) is 10.2. The highest BCUT2D eigenvalue weighted by Gasteiger charge is 2.26. The molecule has 1 fully saturated rings. The van der Waals surface area contributed by atoms with Crippen molar-refractivity contribution in [3.63, 3.8) is 0 Å². The van der Waals surface area contributed by atoms with E-state index in [0.29, 0.717) is 11.6 Å². The third-order valence-corrected chi connectivity index (χ3v) is 5.63. The summed E-state index contributed by atoms with van der Waals surface area (Å²) in [5.41, 5.74) is 3.12. The molecule has 140 valence electrons. The first-order valence-corrected chi connectivity index (χ1v) is 9.89. The lowest BCUT2D eigenvalue weighted by molar-refractivity contribution is 0.0500. The maximum absolute atomic E-state index is 11.5. The molecule has 2 heterocycles. The number of benzene rings is 1. The van der Waals surface area contributed by atoms with Gasteiger partial charge in [0.2, 0.25) is 0 Å². The standard InChI is InChI=1S/C20H26N2O3S/c1-25-20(24)18-4-2-16(3-5-18)12-21-8-9-22(19(14-21)6-10-23)13-17-7-11-26-15-17/h2-5,7,11,15,19,23H,6,8-10,12-14H2,1H3/t19-/m1/s1. The molecule has 3 rings (SSSR count). The van der Waals surface area contributed by atoms with Crippen molar-refractivity contribution in [3.05, 3.63) is 57.8 Å². The zero-order valence-corrected chi connectivity index (χ0v) is 16.0. The summed E-state index contributed by atoms with van der Waals surface area (Å²) in [6.45, 7) is 4.98. The highest BCUT2D eigenvalue weighted by molar-refractivity contribution is 7.07. The molecule has 6 heteroatoms. The molecule has 0 unspecified atom stereocenters. The second-order valence-electron chi connectivity index (χ2n) is 6.69. The van der Waals surface area contributed by atoms with E-state index in [9.17, 15) is 9.90 Å². The number of nitrogens with zero attached hydrogens (tertiary/aromatic N) is 2. The molecule has 1 aliphatic rings. The van der Waals surface area contributed by atoms with Crippen molar-refractivity contribution in [2.24, 2.45) is 0 Å². The van der Waals surface area contributed by atoms with E-state index in [-0.39, 0.29) is 12.6 Å². The molecule has 1 aliphatic heterocycles. The van der Waals surface area contributed by atoms with Crippen LogP contribution < -0.4 is 0 Å². The lowest BCUT2D eigenvalue weighted by Crippen LogP contribution is -2.52. The van der Waals surface area contributed by atoms with Gasteiger partial charge in [0.05, 0.1) is 12.7 Å². The van der Waals surface area contributed by atoms with Crippen LogP contribution in [0, 0.1) is 0 Å². The first-order valence-electron chi connectivity index (χ1n) is 8.95. The van der Waals surface area contributed by atoms with Crippen LogP contribution in [0.5, 0.6) is 0 Å². The summed E-state index contributed by atoms with van der Waals surface area (Å²) in [7, 11) is 1.40. The second kappa shape index (κ2) is 9.28. The predicted octanol–water partition coefficient (Wildman–Crippen LogP) is 2.60. The van der Waals surface area contributed by atoms with Crippen LogP contribution in [0.4, 0.5) is 0 Å². The SMILES string of the molecule is COC(=O)c1ccc(CN2CCN(Cc3ccsc3)[C@H](CCO)C2)cc1. The number of methoxy groups -OCH3 is 1. The summed E-state index contributed by atoms with van der Waals surface area (Å²) >= 11 is 1.73. The van der Waals surface area contributed by atoms with Crippen LogP contribution in [0.3, 0.4) is 0 Å². The number of piperazine rings is 1. The molecular weight excluding hydrogens is 348 g/mol. The third kappa shape index (κ3) is 4.92. The topological polar surface area (TPSA) is 53.0 Å². The van der Waals surface area contributed by atoms with Gasteiger partial charge in [-0.2, -0.15) is 11.3 Å². The van der Waals surface area contributed by atoms with Gasteiger partial charge in [-0.05, 0) is 46.5 Å². The van der Waals surface area contributed by atoms with Crippen LogP contribution in [-0.4, -0.2) is 60.3 Å². The Balaban J connectivity index is 1.59. The van der Waals surface area contributed by atoms with Crippen molar-refractivity contribution in [2.75, 3.05) is 33.4 Å². The van der Waals surface area contributed by atoms with E-state index >= 15 is 0 Å². The van der Waals surface area contributed by atoms with E-state index in [0.717, 1.165) is 39.1 Å². The van der Waals surface area contributed by atoms with Crippen LogP contribution in [0.15, 0.2) is 41.1 Å². The number of aliphatic hydroxyl groups is 1. The Labute approximate surface area is 158 Å². The van der Waals surface area contributed by atoms with E-state index in [2.05, 4.69) is 26.6 Å². The van der Waals surface area contributed by atoms with E-state index in [1.54, 1.807) is 11.3 Å². The van der Waals surface area contributed by atoms with Gasteiger partial charge in [-0.3, -0.25) is 9.80 Å². The van der Waals surface area contributed by atoms with E-state index in [1.807, 2.05) is 24.3 Å². The molecule has 0 amide bonds. The number of carbonyl (C=O) groups is 1. The molecule has 1 aromatic carbocycles. The number of thiophene rings is 1. The van der Waals surface area contributed by atoms with Crippen LogP contribution in [-0.2, 0) is 17.8 Å². The fourth-order valence-corrected chi connectivity index (χ4v) is 4.13. The highest BCUT2D eigenvalue weighted by atomic mass is 32.1. The third-order valence-electron chi connectivity index (χ3n) is 4.90. The molecule has 1 N–H and O–H groups in total. The Hall–Kier alpha value is -1.73. The van der Waals surface area contributed by atoms with Crippen LogP contribution in [0.25, 0.3) is 0 Å². The van der Waals surface area contributed by atoms with Crippen LogP contribution in [0.2, 0.25) is 0 Å². The van der Waals surface area contributed by atoms with Crippen molar-refractivity contribution in [2.45, 2.75) is 25.6 Å². The molecule has 0 aliphatic carbocycles. The number of rotatable bonds is 7. The summed E-state index contributed by atoms with van der Waals surface area (Å²) in [4.78, 5) is 16.4. The van der Waals surface area contributed by atoms with Gasteiger partial charge < -0.3 is 9.84 Å². The Bertz CT molecular complexity index is 688. The molecular formula is C20H26N2O3S. The van der Waals surface area contributed by atoms with E-state index < -0.39 is 0 Å². The Morgan fingerprint density at radius 3 is 2.65 bits per heavy atom. The van der Waals surface area contributed by atoms with Gasteiger partial charge in [-0.15, -0.1) is 0 Å². The van der Waals surface area contributed by atoms with Gasteiger partial charge in [0.1, 0.15) is 0 Å². The normalized spacial score (nSPS) is 18.8. The van der Waals surface area contributed by atoms with Gasteiger partial charge in [-0.25, -0.2) is 4.79 Å². The molecule has 1 aromatic heterocycles. The van der Waals surface area contributed by atoms with Crippen molar-refractivity contribution in [1.29, 1.82) is 0 Å². The van der Waals surface area contributed by atoms with E-state index in [4.69, 9.17) is 4.74 Å². The lowest BCUT2D eigenvalue weighted by atomic mass is 10.1. The number of hydrogen-bond donors (Lipinski definition) is 1. The van der Waals surface area contributed by atoms with Gasteiger partial charge >= 0.3 is 5.97 Å². The minimum absolute atomic E-state index is 0.215. The minimum atomic E-state index is -0.304. The van der Waals surface area contributed by atoms with Gasteiger partial charge in [0.15, 0.2) is 0 Å². The smallest absolute Gasteiger partial charge is 0.337 e. The van der Waals surface area contributed by atoms with E-state index in [1.165, 1.54) is 18.2 Å². The first-order chi connectivity index (χ1) is 12.7. The van der Waals surface area contributed by atoms with Gasteiger partial charge in [0.25, 0.3) is 0 Å². The molecule has 1 saturated heterocycles. The zero-order chi connectivity index (χ0) is 18.4. The molecule has 26 heavy (non-hydrogen) atoms. The summed E-state index contributed by atoms with van der Waals surface area (Å²) < 4.78 is 4.74. The summed E-state index contributed by atoms with van der Waals surface area (Å²) in [6.07, 6.45) is 0.794. The minimum Gasteiger partial charge on any atom is -0.465 e. The van der Waals surface area contributed by atoms with Crippen LogP contribution in [0.1, 0.15) is 27.9 Å². The summed E-state index contributed by atoms with van der Waals surface area (Å²) in [5.74, 6) is -0.304. The number of aliphatic hydroxyl groups excluding tert-OH is 1. The maximum Gasteiger partial charge on any atom is 0.337 e. The average Bonchev–Trinajstić information content (AvgIpc) is 3.17. The molecule has 5 nitrogen and oxygen atoms in total. The molecule has 2 aromatic rings. The summed E-state index contributed by atoms with van der Waals surface area (Å²) in [5, 5.41) is 13.8. The fraction of sp³-hybridized carbons (Fsp3) is 0.450. The molecule has 0 spiro atoms. The number of hydrogen-bond acceptors (Lipinski definition) is 6. The molecule has 0 bridgehead atoms. The van der Waals surface area contributed by atoms with Crippen molar-refractivity contribution < 1.29 is 14.6 Å². The second-order valence-corrected chi connectivity index (χ2v) is 7.47. The van der Waals surface area contributed by atoms with Crippen LogP contribution >= 0.6 is 11.3 Å². The van der Waals surface area contributed by atoms with Gasteiger partial charge in [-0.1, -0.05) is 12.1 Å². The first kappa shape index (κ1) is 19.0. The molecule has 1 atom stereocenters. The number of esters is 1. The monoisotopic (exact) mass is 374 g/mol. The molecule has 0 radical (unpaired) electrons. The maximum atomic E-state index is 11.5. The number of carbonyl (C=O) groups excluding carboxylic acids is 1. The quantitative estimate of drug-likeness (QED) is 0.755. The fourth-order valence-electron chi connectivity index (χ4n) is 3.47. The highest BCUT2D eigenvalue weighted by Crippen LogP contribution is 2.19. The van der Waals surface area contributed by atoms with Crippen molar-refractivity contribution in [3.8, 4) is 0 Å². The Morgan fingerprint density at radius 1 is 1.19 bits per heavy atom. The number of ether oxygens (including phenoxy) is 1.